The van der Waals surface area contributed by atoms with E-state index in [1.54, 1.807) is 24.3 Å². The molecule has 172 valence electrons. The van der Waals surface area contributed by atoms with Crippen LogP contribution in [-0.4, -0.2) is 48.7 Å². The minimum absolute atomic E-state index is 0.0651. The first-order chi connectivity index (χ1) is 15.0. The molecule has 1 saturated heterocycles. The molecule has 1 aromatic carbocycles. The summed E-state index contributed by atoms with van der Waals surface area (Å²) in [7, 11) is 1.50. The number of benzene rings is 1. The molecular weight excluding hydrogens is 429 g/mol. The Balaban J connectivity index is 1.62. The van der Waals surface area contributed by atoms with Gasteiger partial charge in [-0.1, -0.05) is 6.07 Å². The van der Waals surface area contributed by atoms with Crippen molar-refractivity contribution in [3.63, 3.8) is 0 Å². The molecular formula is C22H23F3N2O5. The average Bonchev–Trinajstić information content (AvgIpc) is 3.26. The summed E-state index contributed by atoms with van der Waals surface area (Å²) in [5, 5.41) is 0. The van der Waals surface area contributed by atoms with E-state index < -0.39 is 37.0 Å². The van der Waals surface area contributed by atoms with Crippen LogP contribution in [0.2, 0.25) is 0 Å². The van der Waals surface area contributed by atoms with E-state index in [1.807, 2.05) is 0 Å². The van der Waals surface area contributed by atoms with Crippen molar-refractivity contribution in [3.8, 4) is 5.75 Å². The third-order valence-corrected chi connectivity index (χ3v) is 5.38. The molecule has 1 unspecified atom stereocenters. The van der Waals surface area contributed by atoms with Gasteiger partial charge in [0.1, 0.15) is 12.3 Å². The SMILES string of the molecule is COc1cccc(N2CC(C(=O)OCC(=O)c3cc(C)n(CC(F)(F)F)c3C)CC2=O)c1. The fourth-order valence-corrected chi connectivity index (χ4v) is 3.73. The molecule has 32 heavy (non-hydrogen) atoms. The number of amides is 1. The molecule has 0 bridgehead atoms. The van der Waals surface area contributed by atoms with Gasteiger partial charge in [-0.3, -0.25) is 14.4 Å². The topological polar surface area (TPSA) is 77.8 Å². The van der Waals surface area contributed by atoms with Crippen molar-refractivity contribution in [2.75, 3.05) is 25.2 Å². The van der Waals surface area contributed by atoms with Gasteiger partial charge in [0.25, 0.3) is 0 Å². The van der Waals surface area contributed by atoms with Crippen LogP contribution < -0.4 is 9.64 Å². The Morgan fingerprint density at radius 3 is 2.56 bits per heavy atom. The van der Waals surface area contributed by atoms with Crippen molar-refractivity contribution in [2.24, 2.45) is 5.92 Å². The Morgan fingerprint density at radius 2 is 1.91 bits per heavy atom. The number of Topliss-reactive ketones (excluding diaryl/α,β-unsaturated/α-hetero) is 1. The summed E-state index contributed by atoms with van der Waals surface area (Å²) in [6.07, 6.45) is -4.49. The largest absolute Gasteiger partial charge is 0.497 e. The molecule has 1 atom stereocenters. The van der Waals surface area contributed by atoms with E-state index in [9.17, 15) is 27.6 Å². The first kappa shape index (κ1) is 23.4. The smallest absolute Gasteiger partial charge is 0.406 e. The number of nitrogens with zero attached hydrogens (tertiary/aromatic N) is 2. The Hall–Kier alpha value is -3.30. The third kappa shape index (κ3) is 5.12. The number of ether oxygens (including phenoxy) is 2. The van der Waals surface area contributed by atoms with Gasteiger partial charge in [0.15, 0.2) is 6.61 Å². The van der Waals surface area contributed by atoms with Gasteiger partial charge in [-0.2, -0.15) is 13.2 Å². The number of methoxy groups -OCH3 is 1. The Bertz CT molecular complexity index is 1040. The molecule has 1 aliphatic heterocycles. The van der Waals surface area contributed by atoms with Gasteiger partial charge in [-0.15, -0.1) is 0 Å². The highest BCUT2D eigenvalue weighted by atomic mass is 19.4. The van der Waals surface area contributed by atoms with E-state index in [0.717, 1.165) is 4.57 Å². The van der Waals surface area contributed by atoms with Crippen LogP contribution in [0.4, 0.5) is 18.9 Å². The maximum Gasteiger partial charge on any atom is 0.406 e. The van der Waals surface area contributed by atoms with Crippen molar-refractivity contribution in [2.45, 2.75) is 33.0 Å². The zero-order valence-corrected chi connectivity index (χ0v) is 17.9. The number of rotatable bonds is 7. The highest BCUT2D eigenvalue weighted by Crippen LogP contribution is 2.29. The van der Waals surface area contributed by atoms with Gasteiger partial charge < -0.3 is 18.9 Å². The van der Waals surface area contributed by atoms with Crippen LogP contribution in [-0.2, 0) is 20.9 Å². The lowest BCUT2D eigenvalue weighted by Gasteiger charge is -2.17. The average molecular weight is 452 g/mol. The minimum Gasteiger partial charge on any atom is -0.497 e. The first-order valence-corrected chi connectivity index (χ1v) is 9.88. The number of ketones is 1. The zero-order valence-electron chi connectivity index (χ0n) is 17.9. The van der Waals surface area contributed by atoms with Crippen molar-refractivity contribution in [1.82, 2.24) is 4.57 Å². The van der Waals surface area contributed by atoms with Gasteiger partial charge >= 0.3 is 12.1 Å². The summed E-state index contributed by atoms with van der Waals surface area (Å²) in [5.41, 5.74) is 1.09. The number of anilines is 1. The van der Waals surface area contributed by atoms with E-state index >= 15 is 0 Å². The fraction of sp³-hybridized carbons (Fsp3) is 0.409. The summed E-state index contributed by atoms with van der Waals surface area (Å²) >= 11 is 0. The Kier molecular flexibility index (Phi) is 6.61. The number of aromatic nitrogens is 1. The molecule has 3 rings (SSSR count). The molecule has 1 amide bonds. The molecule has 0 spiro atoms. The van der Waals surface area contributed by atoms with E-state index in [0.29, 0.717) is 11.4 Å². The summed E-state index contributed by atoms with van der Waals surface area (Å²) in [4.78, 5) is 38.7. The van der Waals surface area contributed by atoms with Crippen molar-refractivity contribution < 1.29 is 37.0 Å². The van der Waals surface area contributed by atoms with E-state index in [-0.39, 0.29) is 35.8 Å². The van der Waals surface area contributed by atoms with Crippen molar-refractivity contribution >= 4 is 23.3 Å². The molecule has 0 radical (unpaired) electrons. The summed E-state index contributed by atoms with van der Waals surface area (Å²) in [6.45, 7) is 1.16. The van der Waals surface area contributed by atoms with Gasteiger partial charge in [0.05, 0.1) is 13.0 Å². The van der Waals surface area contributed by atoms with Gasteiger partial charge in [0.2, 0.25) is 11.7 Å². The second-order valence-electron chi connectivity index (χ2n) is 7.62. The molecule has 7 nitrogen and oxygen atoms in total. The lowest BCUT2D eigenvalue weighted by Crippen LogP contribution is -2.27. The van der Waals surface area contributed by atoms with Crippen LogP contribution in [0, 0.1) is 19.8 Å². The number of hydrogen-bond donors (Lipinski definition) is 0. The molecule has 0 aliphatic carbocycles. The van der Waals surface area contributed by atoms with E-state index in [4.69, 9.17) is 9.47 Å². The maximum absolute atomic E-state index is 12.8. The number of esters is 1. The van der Waals surface area contributed by atoms with E-state index in [1.165, 1.54) is 31.9 Å². The minimum atomic E-state index is -4.43. The van der Waals surface area contributed by atoms with Gasteiger partial charge in [-0.05, 0) is 32.0 Å². The van der Waals surface area contributed by atoms with Crippen LogP contribution >= 0.6 is 0 Å². The quantitative estimate of drug-likeness (QED) is 0.475. The lowest BCUT2D eigenvalue weighted by atomic mass is 10.1. The fourth-order valence-electron chi connectivity index (χ4n) is 3.73. The third-order valence-electron chi connectivity index (χ3n) is 5.38. The highest BCUT2D eigenvalue weighted by Gasteiger charge is 2.37. The number of aryl methyl sites for hydroxylation is 1. The summed E-state index contributed by atoms with van der Waals surface area (Å²) < 4.78 is 49.5. The molecule has 1 aromatic heterocycles. The van der Waals surface area contributed by atoms with Gasteiger partial charge in [-0.25, -0.2) is 0 Å². The molecule has 2 heterocycles. The summed E-state index contributed by atoms with van der Waals surface area (Å²) in [6, 6.07) is 8.19. The molecule has 1 aliphatic rings. The lowest BCUT2D eigenvalue weighted by molar-refractivity contribution is -0.147. The van der Waals surface area contributed by atoms with Crippen LogP contribution in [0.15, 0.2) is 30.3 Å². The Labute approximate surface area is 182 Å². The predicted octanol–water partition coefficient (Wildman–Crippen LogP) is 3.45. The first-order valence-electron chi connectivity index (χ1n) is 9.88. The predicted molar refractivity (Wildman–Crippen MR) is 109 cm³/mol. The normalized spacial score (nSPS) is 16.4. The second kappa shape index (κ2) is 9.05. The molecule has 0 N–H and O–H groups in total. The zero-order chi connectivity index (χ0) is 23.6. The Morgan fingerprint density at radius 1 is 1.19 bits per heavy atom. The van der Waals surface area contributed by atoms with Crippen LogP contribution in [0.3, 0.4) is 0 Å². The van der Waals surface area contributed by atoms with Crippen LogP contribution in [0.1, 0.15) is 28.2 Å². The van der Waals surface area contributed by atoms with Crippen molar-refractivity contribution in [3.05, 3.63) is 47.3 Å². The van der Waals surface area contributed by atoms with E-state index in [2.05, 4.69) is 0 Å². The number of carbonyl (C=O) groups is 3. The number of carbonyl (C=O) groups excluding carboxylic acids is 3. The van der Waals surface area contributed by atoms with Crippen molar-refractivity contribution in [1.29, 1.82) is 0 Å². The number of hydrogen-bond acceptors (Lipinski definition) is 5. The second-order valence-corrected chi connectivity index (χ2v) is 7.62. The van der Waals surface area contributed by atoms with Crippen LogP contribution in [0.5, 0.6) is 5.75 Å². The maximum atomic E-state index is 12.8. The molecule has 10 heteroatoms. The highest BCUT2D eigenvalue weighted by molar-refractivity contribution is 6.01. The molecule has 1 fully saturated rings. The monoisotopic (exact) mass is 452 g/mol. The summed E-state index contributed by atoms with van der Waals surface area (Å²) in [5.74, 6) is -1.76. The standard InChI is InChI=1S/C22H23F3N2O5/c1-13-7-18(14(2)27(13)12-22(23,24)25)19(28)11-32-21(30)15-8-20(29)26(10-15)16-5-4-6-17(9-16)31-3/h4-7,9,15H,8,10-12H2,1-3H3. The molecule has 2 aromatic rings. The van der Waals surface area contributed by atoms with Crippen LogP contribution in [0.25, 0.3) is 0 Å². The molecule has 0 saturated carbocycles. The van der Waals surface area contributed by atoms with Gasteiger partial charge in [0, 0.05) is 41.7 Å². The number of alkyl halides is 3. The number of halogens is 3.